The minimum atomic E-state index is 0. The van der Waals surface area contributed by atoms with E-state index in [0.717, 1.165) is 0 Å². The van der Waals surface area contributed by atoms with Crippen LogP contribution < -0.4 is 0 Å². The van der Waals surface area contributed by atoms with Gasteiger partial charge in [0.15, 0.2) is 0 Å². The predicted octanol–water partition coefficient (Wildman–Crippen LogP) is 3.61. The van der Waals surface area contributed by atoms with Crippen molar-refractivity contribution in [1.29, 1.82) is 0 Å². The Labute approximate surface area is 91.2 Å². The van der Waals surface area contributed by atoms with Crippen LogP contribution in [0.3, 0.4) is 0 Å². The molecule has 0 amide bonds. The zero-order valence-corrected chi connectivity index (χ0v) is 9.41. The van der Waals surface area contributed by atoms with Crippen LogP contribution in [-0.2, 0) is 22.4 Å². The Kier molecular flexibility index (Phi) is 45.9. The monoisotopic (exact) mass is 232 g/mol. The van der Waals surface area contributed by atoms with E-state index in [4.69, 9.17) is 0 Å². The molecule has 0 saturated heterocycles. The number of hydrogen-bond acceptors (Lipinski definition) is 1. The molecule has 1 nitrogen and oxygen atoms in total. The fourth-order valence-corrected chi connectivity index (χ4v) is 0.321. The first kappa shape index (κ1) is 22.5. The summed E-state index contributed by atoms with van der Waals surface area (Å²) in [7, 11) is 0. The van der Waals surface area contributed by atoms with E-state index in [-0.39, 0.29) is 33.4 Å². The molecule has 0 atom stereocenters. The Balaban J connectivity index is -0.0000000379. The van der Waals surface area contributed by atoms with Crippen molar-refractivity contribution in [3.8, 4) is 0 Å². The summed E-state index contributed by atoms with van der Waals surface area (Å²) < 4.78 is 3.19. The molecule has 0 aliphatic rings. The van der Waals surface area contributed by atoms with Crippen LogP contribution in [0.4, 0.5) is 0 Å². The first-order valence-electron chi connectivity index (χ1n) is 1.98. The molecular formula is C7H11Cl2OV-3. The summed E-state index contributed by atoms with van der Waals surface area (Å²) in [6, 6.07) is 10.0. The van der Waals surface area contributed by atoms with Crippen molar-refractivity contribution in [2.75, 3.05) is 0 Å². The van der Waals surface area contributed by atoms with Crippen LogP contribution in [0.15, 0.2) is 30.3 Å². The van der Waals surface area contributed by atoms with Gasteiger partial charge >= 0.3 is 0 Å². The maximum absolute atomic E-state index is 4.26. The molecular weight excluding hydrogens is 222 g/mol. The molecule has 0 spiro atoms. The standard InChI is InChI=1S/C5H5.2CH3.Cl2O.V/c1-2-4-5-3-1;;;1-3-2;/h1-5H;2*1H3;;/q3*-1;;. The Bertz CT molecular complexity index is 83.3. The van der Waals surface area contributed by atoms with Gasteiger partial charge in [0.05, 0.1) is 23.7 Å². The van der Waals surface area contributed by atoms with Gasteiger partial charge in [-0.15, -0.1) is 0 Å². The molecule has 1 radical (unpaired) electrons. The molecule has 1 aromatic carbocycles. The quantitative estimate of drug-likeness (QED) is 0.622. The maximum atomic E-state index is 4.26. The summed E-state index contributed by atoms with van der Waals surface area (Å²) >= 11 is 8.53. The molecule has 0 fully saturated rings. The third-order valence-corrected chi connectivity index (χ3v) is 0.556. The van der Waals surface area contributed by atoms with Crippen molar-refractivity contribution in [1.82, 2.24) is 0 Å². The van der Waals surface area contributed by atoms with E-state index in [9.17, 15) is 0 Å². The van der Waals surface area contributed by atoms with E-state index in [0.29, 0.717) is 0 Å². The first-order valence-corrected chi connectivity index (χ1v) is 2.59. The van der Waals surface area contributed by atoms with Gasteiger partial charge in [0.25, 0.3) is 0 Å². The average Bonchev–Trinajstić information content (AvgIpc) is 2.17. The smallest absolute Gasteiger partial charge is 0.0832 e. The molecule has 0 bridgehead atoms. The van der Waals surface area contributed by atoms with E-state index < -0.39 is 0 Å². The van der Waals surface area contributed by atoms with Crippen molar-refractivity contribution in [3.63, 3.8) is 0 Å². The van der Waals surface area contributed by atoms with Crippen molar-refractivity contribution < 1.29 is 22.4 Å². The molecule has 4 heteroatoms. The van der Waals surface area contributed by atoms with Gasteiger partial charge in [-0.05, 0) is 0 Å². The third kappa shape index (κ3) is 25.1. The van der Waals surface area contributed by atoms with Gasteiger partial charge in [-0.25, -0.2) is 12.1 Å². The summed E-state index contributed by atoms with van der Waals surface area (Å²) in [4.78, 5) is 0. The second kappa shape index (κ2) is 22.4. The van der Waals surface area contributed by atoms with Gasteiger partial charge in [-0.3, -0.25) is 0 Å². The van der Waals surface area contributed by atoms with Crippen LogP contribution in [0.25, 0.3) is 0 Å². The molecule has 1 aromatic rings. The predicted molar refractivity (Wildman–Crippen MR) is 47.7 cm³/mol. The second-order valence-electron chi connectivity index (χ2n) is 1.02. The molecule has 0 aliphatic carbocycles. The van der Waals surface area contributed by atoms with Gasteiger partial charge in [0.1, 0.15) is 0 Å². The third-order valence-electron chi connectivity index (χ3n) is 0.556. The van der Waals surface area contributed by atoms with E-state index in [1.807, 2.05) is 30.3 Å². The molecule has 0 aromatic heterocycles. The molecule has 11 heavy (non-hydrogen) atoms. The first-order chi connectivity index (χ1) is 3.91. The molecule has 0 N–H and O–H groups in total. The molecule has 0 aliphatic heterocycles. The van der Waals surface area contributed by atoms with E-state index in [1.165, 1.54) is 0 Å². The van der Waals surface area contributed by atoms with Gasteiger partial charge in [-0.2, -0.15) is 22.0 Å². The van der Waals surface area contributed by atoms with Gasteiger partial charge < -0.3 is 14.9 Å². The van der Waals surface area contributed by atoms with Crippen LogP contribution in [0.1, 0.15) is 0 Å². The van der Waals surface area contributed by atoms with Crippen molar-refractivity contribution in [3.05, 3.63) is 45.2 Å². The fourth-order valence-electron chi connectivity index (χ4n) is 0.321. The Morgan fingerprint density at radius 1 is 1.00 bits per heavy atom. The van der Waals surface area contributed by atoms with Crippen LogP contribution in [0.2, 0.25) is 0 Å². The van der Waals surface area contributed by atoms with E-state index in [1.54, 1.807) is 0 Å². The van der Waals surface area contributed by atoms with Gasteiger partial charge in [0, 0.05) is 18.6 Å². The number of halogens is 2. The molecule has 1 rings (SSSR count). The normalized spacial score (nSPS) is 5.27. The van der Waals surface area contributed by atoms with Crippen LogP contribution >= 0.6 is 23.7 Å². The van der Waals surface area contributed by atoms with E-state index >= 15 is 0 Å². The SMILES string of the molecule is ClOCl.[CH3-].[CH3-].[V].c1cc[cH-]c1. The zero-order chi connectivity index (χ0) is 6.24. The number of rotatable bonds is 0. The average molecular weight is 233 g/mol. The summed E-state index contributed by atoms with van der Waals surface area (Å²) in [5.74, 6) is 0. The van der Waals surface area contributed by atoms with Crippen molar-refractivity contribution in [2.45, 2.75) is 0 Å². The topological polar surface area (TPSA) is 9.23 Å². The molecule has 0 heterocycles. The summed E-state index contributed by atoms with van der Waals surface area (Å²) in [5.41, 5.74) is 0. The van der Waals surface area contributed by atoms with Crippen LogP contribution in [-0.4, -0.2) is 0 Å². The molecule has 67 valence electrons. The minimum Gasteiger partial charge on any atom is -0.358 e. The second-order valence-corrected chi connectivity index (χ2v) is 1.49. The molecule has 0 unspecified atom stereocenters. The number of hydrogen-bond donors (Lipinski definition) is 0. The Morgan fingerprint density at radius 2 is 1.27 bits per heavy atom. The zero-order valence-electron chi connectivity index (χ0n) is 6.50. The Hall–Kier alpha value is 0.474. The van der Waals surface area contributed by atoms with Crippen molar-refractivity contribution >= 4 is 23.7 Å². The van der Waals surface area contributed by atoms with Crippen LogP contribution in [0.5, 0.6) is 0 Å². The van der Waals surface area contributed by atoms with Crippen molar-refractivity contribution in [2.24, 2.45) is 0 Å². The van der Waals surface area contributed by atoms with E-state index in [2.05, 4.69) is 27.6 Å². The summed E-state index contributed by atoms with van der Waals surface area (Å²) in [6.07, 6.45) is 0. The fraction of sp³-hybridized carbons (Fsp3) is 0. The minimum absolute atomic E-state index is 0. The molecule has 0 saturated carbocycles. The maximum Gasteiger partial charge on any atom is 0.0832 e. The Morgan fingerprint density at radius 3 is 1.36 bits per heavy atom. The van der Waals surface area contributed by atoms with Crippen LogP contribution in [0, 0.1) is 14.9 Å². The summed E-state index contributed by atoms with van der Waals surface area (Å²) in [6.45, 7) is 0. The largest absolute Gasteiger partial charge is 0.358 e. The van der Waals surface area contributed by atoms with Gasteiger partial charge in [0.2, 0.25) is 0 Å². The summed E-state index contributed by atoms with van der Waals surface area (Å²) in [5, 5.41) is 0. The van der Waals surface area contributed by atoms with Gasteiger partial charge in [-0.1, -0.05) is 0 Å².